The van der Waals surface area contributed by atoms with Crippen LogP contribution in [0.1, 0.15) is 48.3 Å². The highest BCUT2D eigenvalue weighted by Gasteiger charge is 2.50. The summed E-state index contributed by atoms with van der Waals surface area (Å²) in [6.07, 6.45) is 0.774. The second-order valence-electron chi connectivity index (χ2n) is 10.1. The number of rotatable bonds is 7. The van der Waals surface area contributed by atoms with Crippen LogP contribution < -0.4 is 0 Å². The Labute approximate surface area is 250 Å². The highest BCUT2D eigenvalue weighted by atomic mass is 35.5. The average molecular weight is 641 g/mol. The maximum absolute atomic E-state index is 13.3. The molecule has 1 N–H and O–H groups in total. The third-order valence-corrected chi connectivity index (χ3v) is 9.94. The van der Waals surface area contributed by atoms with Crippen LogP contribution in [0.15, 0.2) is 66.7 Å². The average Bonchev–Trinajstić information content (AvgIpc) is 3.32. The van der Waals surface area contributed by atoms with Gasteiger partial charge in [0.25, 0.3) is 0 Å². The topological polar surface area (TPSA) is 92.5 Å². The Bertz CT molecular complexity index is 1690. The zero-order valence-electron chi connectivity index (χ0n) is 22.3. The van der Waals surface area contributed by atoms with Gasteiger partial charge in [-0.1, -0.05) is 60.5 Å². The van der Waals surface area contributed by atoms with Gasteiger partial charge in [-0.3, -0.25) is 4.79 Å². The number of carboxylic acid groups (broad SMARTS) is 1. The van der Waals surface area contributed by atoms with E-state index in [2.05, 4.69) is 0 Å². The van der Waals surface area contributed by atoms with E-state index in [1.165, 1.54) is 0 Å². The number of alkyl halides is 3. The van der Waals surface area contributed by atoms with Crippen molar-refractivity contribution in [2.75, 3.05) is 13.1 Å². The van der Waals surface area contributed by atoms with E-state index >= 15 is 0 Å². The molecule has 1 aliphatic rings. The number of piperidine rings is 1. The molecule has 1 saturated heterocycles. The fourth-order valence-electron chi connectivity index (χ4n) is 5.79. The van der Waals surface area contributed by atoms with Crippen molar-refractivity contribution < 1.29 is 31.5 Å². The lowest BCUT2D eigenvalue weighted by molar-refractivity contribution is -0.140. The van der Waals surface area contributed by atoms with Crippen LogP contribution in [0.3, 0.4) is 0 Å². The summed E-state index contributed by atoms with van der Waals surface area (Å²) in [6.45, 7) is 1.29. The molecule has 1 aliphatic heterocycles. The molecule has 7 nitrogen and oxygen atoms in total. The third kappa shape index (κ3) is 5.06. The minimum absolute atomic E-state index is 0.135. The largest absolute Gasteiger partial charge is 0.511 e. The summed E-state index contributed by atoms with van der Waals surface area (Å²) in [5.74, 6) is -0.475. The van der Waals surface area contributed by atoms with E-state index in [4.69, 9.17) is 28.2 Å². The number of imidazole rings is 1. The molecule has 0 saturated carbocycles. The molecule has 0 amide bonds. The SMILES string of the molecule is CCc1nc2ccc(C(C(=O)O)(c3ccc(Cl)cc3)c3ccc(Cl)cc3)cc2n1C1CCN(S(=O)(=O)C(F)(F)F)CC1. The van der Waals surface area contributed by atoms with Crippen LogP contribution >= 0.6 is 23.2 Å². The highest BCUT2D eigenvalue weighted by molar-refractivity contribution is 7.90. The van der Waals surface area contributed by atoms with Crippen molar-refractivity contribution in [3.63, 3.8) is 0 Å². The van der Waals surface area contributed by atoms with Crippen LogP contribution in [0.2, 0.25) is 10.0 Å². The van der Waals surface area contributed by atoms with Crippen molar-refractivity contribution in [2.24, 2.45) is 0 Å². The molecule has 5 rings (SSSR count). The standard InChI is InChI=1S/C29H26Cl2F3N3O4S/c1-2-26-35-24-12-7-20(17-25(24)37(26)23-13-15-36(16-14-23)42(40,41)29(32,33)34)28(27(38)39,18-3-8-21(30)9-4-18)19-5-10-22(31)11-6-19/h3-12,17,23H,2,13-16H2,1H3,(H,38,39). The van der Waals surface area contributed by atoms with Crippen molar-refractivity contribution in [1.82, 2.24) is 13.9 Å². The second-order valence-corrected chi connectivity index (χ2v) is 12.9. The van der Waals surface area contributed by atoms with E-state index in [1.807, 2.05) is 11.5 Å². The van der Waals surface area contributed by atoms with E-state index < -0.39 is 26.9 Å². The van der Waals surface area contributed by atoms with E-state index in [-0.39, 0.29) is 32.0 Å². The first kappa shape index (κ1) is 30.3. The lowest BCUT2D eigenvalue weighted by Gasteiger charge is -2.34. The number of fused-ring (bicyclic) bond motifs is 1. The summed E-state index contributed by atoms with van der Waals surface area (Å²) in [6, 6.07) is 17.9. The minimum atomic E-state index is -5.43. The van der Waals surface area contributed by atoms with Gasteiger partial charge >= 0.3 is 21.5 Å². The predicted molar refractivity (Wildman–Crippen MR) is 154 cm³/mol. The Kier molecular flexibility index (Phi) is 8.08. The number of aliphatic carboxylic acids is 1. The first-order valence-electron chi connectivity index (χ1n) is 13.1. The van der Waals surface area contributed by atoms with E-state index in [0.717, 1.165) is 0 Å². The number of nitrogens with zero attached hydrogens (tertiary/aromatic N) is 3. The zero-order valence-corrected chi connectivity index (χ0v) is 24.6. The van der Waals surface area contributed by atoms with Gasteiger partial charge in [-0.2, -0.15) is 17.5 Å². The Hall–Kier alpha value is -3.12. The number of hydrogen-bond donors (Lipinski definition) is 1. The number of aryl methyl sites for hydroxylation is 1. The molecule has 0 spiro atoms. The van der Waals surface area contributed by atoms with E-state index in [1.54, 1.807) is 66.7 Å². The number of carboxylic acids is 1. The molecule has 0 bridgehead atoms. The number of carbonyl (C=O) groups is 1. The van der Waals surface area contributed by atoms with E-state index in [9.17, 15) is 31.5 Å². The summed E-state index contributed by atoms with van der Waals surface area (Å²) in [5.41, 5.74) is -4.51. The number of benzene rings is 3. The van der Waals surface area contributed by atoms with Gasteiger partial charge in [-0.25, -0.2) is 13.4 Å². The van der Waals surface area contributed by atoms with Gasteiger partial charge < -0.3 is 9.67 Å². The van der Waals surface area contributed by atoms with Crippen molar-refractivity contribution in [1.29, 1.82) is 0 Å². The van der Waals surface area contributed by atoms with Gasteiger partial charge in [-0.15, -0.1) is 0 Å². The Morgan fingerprint density at radius 3 is 1.88 bits per heavy atom. The molecule has 1 aromatic heterocycles. The molecule has 0 radical (unpaired) electrons. The minimum Gasteiger partial charge on any atom is -0.480 e. The zero-order chi connectivity index (χ0) is 30.4. The van der Waals surface area contributed by atoms with Crippen LogP contribution in [0.4, 0.5) is 13.2 Å². The molecule has 0 aliphatic carbocycles. The Morgan fingerprint density at radius 1 is 0.929 bits per heavy atom. The molecule has 0 unspecified atom stereocenters. The van der Waals surface area contributed by atoms with Gasteiger partial charge in [0.15, 0.2) is 0 Å². The molecule has 3 aromatic carbocycles. The smallest absolute Gasteiger partial charge is 0.480 e. The molecule has 4 aromatic rings. The van der Waals surface area contributed by atoms with E-state index in [0.29, 0.717) is 54.3 Å². The summed E-state index contributed by atoms with van der Waals surface area (Å²) < 4.78 is 65.8. The van der Waals surface area contributed by atoms with Crippen LogP contribution in [0.25, 0.3) is 11.0 Å². The van der Waals surface area contributed by atoms with Crippen LogP contribution in [-0.4, -0.2) is 51.9 Å². The first-order chi connectivity index (χ1) is 19.8. The maximum atomic E-state index is 13.3. The number of aromatic nitrogens is 2. The lowest BCUT2D eigenvalue weighted by atomic mass is 9.69. The number of sulfonamides is 1. The van der Waals surface area contributed by atoms with Gasteiger partial charge in [-0.05, 0) is 65.9 Å². The molecule has 13 heteroatoms. The molecule has 0 atom stereocenters. The van der Waals surface area contributed by atoms with Crippen LogP contribution in [0.5, 0.6) is 0 Å². The summed E-state index contributed by atoms with van der Waals surface area (Å²) in [4.78, 5) is 18.1. The molecule has 2 heterocycles. The first-order valence-corrected chi connectivity index (χ1v) is 15.3. The van der Waals surface area contributed by atoms with Gasteiger partial charge in [0.1, 0.15) is 11.2 Å². The molecular weight excluding hydrogens is 614 g/mol. The fraction of sp³-hybridized carbons (Fsp3) is 0.310. The normalized spacial score (nSPS) is 15.8. The fourth-order valence-corrected chi connectivity index (χ4v) is 7.03. The number of hydrogen-bond acceptors (Lipinski definition) is 4. The van der Waals surface area contributed by atoms with Gasteiger partial charge in [0, 0.05) is 35.6 Å². The molecule has 222 valence electrons. The van der Waals surface area contributed by atoms with Crippen molar-refractivity contribution in [3.8, 4) is 0 Å². The molecule has 42 heavy (non-hydrogen) atoms. The van der Waals surface area contributed by atoms with Crippen molar-refractivity contribution in [3.05, 3.63) is 99.3 Å². The van der Waals surface area contributed by atoms with Crippen molar-refractivity contribution in [2.45, 2.75) is 43.2 Å². The summed E-state index contributed by atoms with van der Waals surface area (Å²) >= 11 is 12.3. The van der Waals surface area contributed by atoms with Gasteiger partial charge in [0.05, 0.1) is 11.0 Å². The van der Waals surface area contributed by atoms with Gasteiger partial charge in [0.2, 0.25) is 0 Å². The summed E-state index contributed by atoms with van der Waals surface area (Å²) in [7, 11) is -5.43. The monoisotopic (exact) mass is 639 g/mol. The number of halogens is 5. The predicted octanol–water partition coefficient (Wildman–Crippen LogP) is 6.81. The van der Waals surface area contributed by atoms with Crippen LogP contribution in [-0.2, 0) is 26.7 Å². The van der Waals surface area contributed by atoms with Crippen molar-refractivity contribution >= 4 is 50.2 Å². The quantitative estimate of drug-likeness (QED) is 0.224. The molecule has 1 fully saturated rings. The Balaban J connectivity index is 1.66. The Morgan fingerprint density at radius 2 is 1.43 bits per heavy atom. The lowest BCUT2D eigenvalue weighted by Crippen LogP contribution is -2.45. The summed E-state index contributed by atoms with van der Waals surface area (Å²) in [5, 5.41) is 11.8. The van der Waals surface area contributed by atoms with Crippen LogP contribution in [0, 0.1) is 0 Å². The maximum Gasteiger partial charge on any atom is 0.511 e. The third-order valence-electron chi connectivity index (χ3n) is 7.81. The molecular formula is C29H26Cl2F3N3O4S. The highest BCUT2D eigenvalue weighted by Crippen LogP contribution is 2.42. The second kappa shape index (κ2) is 11.2.